The van der Waals surface area contributed by atoms with Crippen molar-refractivity contribution in [2.24, 2.45) is 0 Å². The normalized spacial score (nSPS) is 16.1. The molecule has 1 aliphatic rings. The fraction of sp³-hybridized carbons (Fsp3) is 0.211. The van der Waals surface area contributed by atoms with Crippen LogP contribution in [0.25, 0.3) is 10.9 Å². The maximum absolute atomic E-state index is 12.6. The van der Waals surface area contributed by atoms with Gasteiger partial charge in [0.25, 0.3) is 5.91 Å². The number of hydrogen-bond acceptors (Lipinski definition) is 3. The molecular formula is C19H18N2O3. The van der Waals surface area contributed by atoms with Crippen LogP contribution in [0.4, 0.5) is 0 Å². The number of nitrogens with zero attached hydrogens (tertiary/aromatic N) is 1. The molecule has 2 heterocycles. The van der Waals surface area contributed by atoms with E-state index in [-0.39, 0.29) is 12.0 Å². The predicted molar refractivity (Wildman–Crippen MR) is 91.6 cm³/mol. The molecule has 1 aromatic heterocycles. The number of rotatable bonds is 3. The van der Waals surface area contributed by atoms with Crippen molar-refractivity contribution in [3.63, 3.8) is 0 Å². The quantitative estimate of drug-likeness (QED) is 0.806. The molecule has 1 amide bonds. The molecule has 0 saturated heterocycles. The molecule has 5 heteroatoms. The van der Waals surface area contributed by atoms with E-state index < -0.39 is 0 Å². The summed E-state index contributed by atoms with van der Waals surface area (Å²) in [6.45, 7) is 0.893. The van der Waals surface area contributed by atoms with Crippen molar-refractivity contribution in [1.29, 1.82) is 0 Å². The smallest absolute Gasteiger partial charge is 0.270 e. The number of aromatic nitrogens is 1. The van der Waals surface area contributed by atoms with Gasteiger partial charge in [0.1, 0.15) is 12.3 Å². The molecule has 0 spiro atoms. The predicted octanol–water partition coefficient (Wildman–Crippen LogP) is 3.08. The summed E-state index contributed by atoms with van der Waals surface area (Å²) in [6, 6.07) is 17.3. The number of ether oxygens (including phenoxy) is 2. The number of aromatic amines is 1. The van der Waals surface area contributed by atoms with E-state index in [0.717, 1.165) is 22.4 Å². The third-order valence-electron chi connectivity index (χ3n) is 4.15. The fourth-order valence-corrected chi connectivity index (χ4v) is 2.94. The summed E-state index contributed by atoms with van der Waals surface area (Å²) in [7, 11) is 1.78. The first-order valence-electron chi connectivity index (χ1n) is 7.92. The van der Waals surface area contributed by atoms with Crippen LogP contribution >= 0.6 is 0 Å². The largest absolute Gasteiger partial charge is 0.486 e. The number of H-pyrrole nitrogens is 1. The van der Waals surface area contributed by atoms with Gasteiger partial charge in [-0.2, -0.15) is 0 Å². The Labute approximate surface area is 139 Å². The summed E-state index contributed by atoms with van der Waals surface area (Å²) in [5.41, 5.74) is 1.54. The van der Waals surface area contributed by atoms with Crippen LogP contribution in [0.2, 0.25) is 0 Å². The van der Waals surface area contributed by atoms with Crippen LogP contribution in [0.3, 0.4) is 0 Å². The lowest BCUT2D eigenvalue weighted by Crippen LogP contribution is -2.41. The molecule has 0 aliphatic carbocycles. The van der Waals surface area contributed by atoms with Crippen LogP contribution in [0.15, 0.2) is 54.6 Å². The second kappa shape index (κ2) is 5.92. The van der Waals surface area contributed by atoms with Crippen molar-refractivity contribution < 1.29 is 14.3 Å². The van der Waals surface area contributed by atoms with E-state index in [1.54, 1.807) is 11.9 Å². The molecule has 4 rings (SSSR count). The minimum atomic E-state index is -0.182. The van der Waals surface area contributed by atoms with Crippen molar-refractivity contribution in [2.75, 3.05) is 20.2 Å². The van der Waals surface area contributed by atoms with E-state index in [9.17, 15) is 4.79 Å². The van der Waals surface area contributed by atoms with Gasteiger partial charge >= 0.3 is 0 Å². The third kappa shape index (κ3) is 2.69. The summed E-state index contributed by atoms with van der Waals surface area (Å²) in [5.74, 6) is 1.41. The molecule has 0 unspecified atom stereocenters. The highest BCUT2D eigenvalue weighted by atomic mass is 16.6. The third-order valence-corrected chi connectivity index (χ3v) is 4.15. The Bertz CT molecular complexity index is 854. The molecule has 3 aromatic rings. The Morgan fingerprint density at radius 3 is 2.75 bits per heavy atom. The first-order valence-corrected chi connectivity index (χ1v) is 7.92. The van der Waals surface area contributed by atoms with Crippen LogP contribution in [0.5, 0.6) is 11.5 Å². The molecule has 24 heavy (non-hydrogen) atoms. The van der Waals surface area contributed by atoms with Crippen molar-refractivity contribution in [2.45, 2.75) is 6.10 Å². The summed E-state index contributed by atoms with van der Waals surface area (Å²) in [5, 5.41) is 1.03. The Hall–Kier alpha value is -2.95. The number of carbonyl (C=O) groups excluding carboxylic acids is 1. The second-order valence-electron chi connectivity index (χ2n) is 5.95. The van der Waals surface area contributed by atoms with Gasteiger partial charge in [0.2, 0.25) is 0 Å². The number of fused-ring (bicyclic) bond motifs is 2. The zero-order chi connectivity index (χ0) is 16.5. The van der Waals surface area contributed by atoms with E-state index in [1.165, 1.54) is 0 Å². The van der Waals surface area contributed by atoms with Crippen molar-refractivity contribution >= 4 is 16.8 Å². The number of amides is 1. The van der Waals surface area contributed by atoms with Gasteiger partial charge < -0.3 is 19.4 Å². The van der Waals surface area contributed by atoms with Gasteiger partial charge in [-0.15, -0.1) is 0 Å². The Morgan fingerprint density at radius 1 is 1.17 bits per heavy atom. The molecular weight excluding hydrogens is 304 g/mol. The lowest BCUT2D eigenvalue weighted by atomic mass is 10.2. The lowest BCUT2D eigenvalue weighted by molar-refractivity contribution is 0.0518. The first kappa shape index (κ1) is 14.6. The monoisotopic (exact) mass is 322 g/mol. The maximum Gasteiger partial charge on any atom is 0.270 e. The lowest BCUT2D eigenvalue weighted by Gasteiger charge is -2.29. The standard InChI is InChI=1S/C19H18N2O3/c1-21(11-14-12-23-17-8-4-5-9-18(17)24-14)19(22)16-10-13-6-2-3-7-15(13)20-16/h2-10,14,20H,11-12H2,1H3/t14-/m1/s1. The topological polar surface area (TPSA) is 54.6 Å². The van der Waals surface area contributed by atoms with E-state index in [4.69, 9.17) is 9.47 Å². The highest BCUT2D eigenvalue weighted by Gasteiger charge is 2.24. The van der Waals surface area contributed by atoms with Crippen LogP contribution in [-0.2, 0) is 0 Å². The van der Waals surface area contributed by atoms with Crippen molar-refractivity contribution in [3.05, 3.63) is 60.3 Å². The molecule has 122 valence electrons. The summed E-state index contributed by atoms with van der Waals surface area (Å²) < 4.78 is 11.6. The van der Waals surface area contributed by atoms with Crippen LogP contribution in [0.1, 0.15) is 10.5 Å². The number of benzene rings is 2. The zero-order valence-corrected chi connectivity index (χ0v) is 13.4. The molecule has 2 aromatic carbocycles. The number of para-hydroxylation sites is 3. The average Bonchev–Trinajstić information content (AvgIpc) is 3.05. The molecule has 0 bridgehead atoms. The van der Waals surface area contributed by atoms with Gasteiger partial charge in [-0.3, -0.25) is 4.79 Å². The van der Waals surface area contributed by atoms with Gasteiger partial charge in [0.15, 0.2) is 17.6 Å². The molecule has 0 saturated carbocycles. The van der Waals surface area contributed by atoms with Crippen molar-refractivity contribution in [3.8, 4) is 11.5 Å². The highest BCUT2D eigenvalue weighted by Crippen LogP contribution is 2.31. The fourth-order valence-electron chi connectivity index (χ4n) is 2.94. The van der Waals surface area contributed by atoms with Crippen molar-refractivity contribution in [1.82, 2.24) is 9.88 Å². The molecule has 0 radical (unpaired) electrons. The minimum Gasteiger partial charge on any atom is -0.486 e. The number of carbonyl (C=O) groups is 1. The van der Waals surface area contributed by atoms with Gasteiger partial charge in [0.05, 0.1) is 6.54 Å². The second-order valence-corrected chi connectivity index (χ2v) is 5.95. The number of likely N-dealkylation sites (N-methyl/N-ethyl adjacent to an activating group) is 1. The molecule has 0 fully saturated rings. The van der Waals surface area contributed by atoms with Gasteiger partial charge in [-0.05, 0) is 24.3 Å². The van der Waals surface area contributed by atoms with E-state index in [1.807, 2.05) is 54.6 Å². The molecule has 5 nitrogen and oxygen atoms in total. The Balaban J connectivity index is 1.46. The average molecular weight is 322 g/mol. The first-order chi connectivity index (χ1) is 11.7. The number of nitrogens with one attached hydrogen (secondary N) is 1. The molecule has 1 aliphatic heterocycles. The van der Waals surface area contributed by atoms with Gasteiger partial charge in [0, 0.05) is 18.0 Å². The zero-order valence-electron chi connectivity index (χ0n) is 13.4. The highest BCUT2D eigenvalue weighted by molar-refractivity contribution is 5.97. The summed E-state index contributed by atoms with van der Waals surface area (Å²) in [6.07, 6.45) is -0.182. The van der Waals surface area contributed by atoms with E-state index in [2.05, 4.69) is 4.98 Å². The minimum absolute atomic E-state index is 0.0614. The maximum atomic E-state index is 12.6. The summed E-state index contributed by atoms with van der Waals surface area (Å²) >= 11 is 0. The van der Waals surface area contributed by atoms with Crippen LogP contribution in [0, 0.1) is 0 Å². The summed E-state index contributed by atoms with van der Waals surface area (Å²) in [4.78, 5) is 17.5. The van der Waals surface area contributed by atoms with Gasteiger partial charge in [-0.1, -0.05) is 30.3 Å². The molecule has 1 atom stereocenters. The Kier molecular flexibility index (Phi) is 3.61. The van der Waals surface area contributed by atoms with Gasteiger partial charge in [-0.25, -0.2) is 0 Å². The Morgan fingerprint density at radius 2 is 1.92 bits per heavy atom. The SMILES string of the molecule is CN(C[C@@H]1COc2ccccc2O1)C(=O)c1cc2ccccc2[nH]1. The number of hydrogen-bond donors (Lipinski definition) is 1. The van der Waals surface area contributed by atoms with E-state index in [0.29, 0.717) is 18.8 Å². The van der Waals surface area contributed by atoms with E-state index >= 15 is 0 Å². The molecule has 1 N–H and O–H groups in total. The van der Waals surface area contributed by atoms with Crippen LogP contribution < -0.4 is 9.47 Å². The van der Waals surface area contributed by atoms with Crippen LogP contribution in [-0.4, -0.2) is 42.1 Å².